The number of carbonyl (C=O) groups excluding carboxylic acids is 1. The topological polar surface area (TPSA) is 100 Å². The summed E-state index contributed by atoms with van der Waals surface area (Å²) in [6.07, 6.45) is 0. The third-order valence-electron chi connectivity index (χ3n) is 4.93. The Kier molecular flexibility index (Phi) is 6.88. The van der Waals surface area contributed by atoms with Gasteiger partial charge in [0.15, 0.2) is 0 Å². The molecule has 0 atom stereocenters. The lowest BCUT2D eigenvalue weighted by molar-refractivity contribution is 0.262. The molecule has 8 nitrogen and oxygen atoms in total. The van der Waals surface area contributed by atoms with E-state index in [1.54, 1.807) is 19.2 Å². The van der Waals surface area contributed by atoms with Crippen molar-refractivity contribution in [2.45, 2.75) is 13.8 Å². The molecule has 4 aromatic rings. The van der Waals surface area contributed by atoms with Crippen LogP contribution in [0.5, 0.6) is 5.75 Å². The molecule has 4 rings (SSSR count). The lowest BCUT2D eigenvalue weighted by atomic mass is 10.2. The molecular weight excluding hydrogens is 428 g/mol. The Morgan fingerprint density at radius 3 is 1.91 bits per heavy atom. The van der Waals surface area contributed by atoms with Gasteiger partial charge in [0.25, 0.3) is 0 Å². The van der Waals surface area contributed by atoms with Crippen molar-refractivity contribution in [3.63, 3.8) is 0 Å². The van der Waals surface area contributed by atoms with Crippen molar-refractivity contribution in [2.24, 2.45) is 0 Å². The van der Waals surface area contributed by atoms with Crippen LogP contribution in [0.15, 0.2) is 78.9 Å². The van der Waals surface area contributed by atoms with Crippen LogP contribution in [-0.2, 0) is 0 Å². The average Bonchev–Trinajstić information content (AvgIpc) is 2.82. The smallest absolute Gasteiger partial charge is 0.323 e. The van der Waals surface area contributed by atoms with Gasteiger partial charge in [0, 0.05) is 23.1 Å². The van der Waals surface area contributed by atoms with Gasteiger partial charge in [-0.15, -0.1) is 0 Å². The number of carbonyl (C=O) groups is 1. The number of benzene rings is 3. The number of methoxy groups -OCH3 is 1. The van der Waals surface area contributed by atoms with Crippen LogP contribution in [-0.4, -0.2) is 23.1 Å². The van der Waals surface area contributed by atoms with Gasteiger partial charge in [-0.05, 0) is 62.4 Å². The van der Waals surface area contributed by atoms with E-state index < -0.39 is 0 Å². The number of hydrogen-bond donors (Lipinski definition) is 4. The normalized spacial score (nSPS) is 10.3. The van der Waals surface area contributed by atoms with Gasteiger partial charge < -0.3 is 26.0 Å². The number of urea groups is 1. The minimum absolute atomic E-state index is 0.358. The summed E-state index contributed by atoms with van der Waals surface area (Å²) >= 11 is 0. The predicted molar refractivity (Wildman–Crippen MR) is 137 cm³/mol. The zero-order valence-electron chi connectivity index (χ0n) is 19.2. The minimum Gasteiger partial charge on any atom is -0.495 e. The highest BCUT2D eigenvalue weighted by Gasteiger charge is 2.08. The van der Waals surface area contributed by atoms with Crippen molar-refractivity contribution in [3.05, 3.63) is 90.3 Å². The molecule has 0 aliphatic heterocycles. The standard InChI is InChI=1S/C26H26N6O2/c1-17-8-10-19(11-9-17)29-24-16-25(28-18(2)27-24)30-20-12-14-21(15-13-20)31-26(33)32-22-6-4-5-7-23(22)34-3/h4-16H,1-3H3,(H2,31,32,33)(H2,27,28,29,30). The number of rotatable bonds is 7. The van der Waals surface area contributed by atoms with E-state index in [-0.39, 0.29) is 6.03 Å². The van der Waals surface area contributed by atoms with E-state index in [0.717, 1.165) is 11.4 Å². The van der Waals surface area contributed by atoms with Gasteiger partial charge >= 0.3 is 6.03 Å². The molecule has 0 spiro atoms. The molecule has 0 aliphatic rings. The highest BCUT2D eigenvalue weighted by atomic mass is 16.5. The van der Waals surface area contributed by atoms with Crippen molar-refractivity contribution in [2.75, 3.05) is 28.4 Å². The van der Waals surface area contributed by atoms with Crippen molar-refractivity contribution in [1.29, 1.82) is 0 Å². The predicted octanol–water partition coefficient (Wildman–Crippen LogP) is 6.23. The maximum absolute atomic E-state index is 12.4. The van der Waals surface area contributed by atoms with E-state index in [1.807, 2.05) is 80.6 Å². The van der Waals surface area contributed by atoms with Gasteiger partial charge in [-0.1, -0.05) is 29.8 Å². The summed E-state index contributed by atoms with van der Waals surface area (Å²) in [5.74, 6) is 2.60. The molecular formula is C26H26N6O2. The molecule has 1 heterocycles. The Hall–Kier alpha value is -4.59. The summed E-state index contributed by atoms with van der Waals surface area (Å²) in [7, 11) is 1.56. The molecule has 4 N–H and O–H groups in total. The largest absolute Gasteiger partial charge is 0.495 e. The molecule has 2 amide bonds. The fourth-order valence-corrected chi connectivity index (χ4v) is 3.30. The minimum atomic E-state index is -0.358. The van der Waals surface area contributed by atoms with Crippen LogP contribution >= 0.6 is 0 Å². The summed E-state index contributed by atoms with van der Waals surface area (Å²) in [4.78, 5) is 21.3. The average molecular weight is 455 g/mol. The van der Waals surface area contributed by atoms with Gasteiger partial charge in [0.2, 0.25) is 0 Å². The summed E-state index contributed by atoms with van der Waals surface area (Å²) in [6.45, 7) is 3.90. The monoisotopic (exact) mass is 454 g/mol. The van der Waals surface area contributed by atoms with Crippen LogP contribution in [0.4, 0.5) is 39.2 Å². The number of aromatic nitrogens is 2. The van der Waals surface area contributed by atoms with Crippen LogP contribution in [0, 0.1) is 13.8 Å². The fourth-order valence-electron chi connectivity index (χ4n) is 3.30. The van der Waals surface area contributed by atoms with Gasteiger partial charge in [0.05, 0.1) is 12.8 Å². The van der Waals surface area contributed by atoms with Gasteiger partial charge in [-0.25, -0.2) is 14.8 Å². The molecule has 172 valence electrons. The third-order valence-corrected chi connectivity index (χ3v) is 4.93. The van der Waals surface area contributed by atoms with E-state index in [0.29, 0.717) is 34.6 Å². The highest BCUT2D eigenvalue weighted by molar-refractivity contribution is 6.00. The Morgan fingerprint density at radius 2 is 1.29 bits per heavy atom. The molecule has 0 fully saturated rings. The van der Waals surface area contributed by atoms with Crippen LogP contribution in [0.25, 0.3) is 0 Å². The number of nitrogens with zero attached hydrogens (tertiary/aromatic N) is 2. The summed E-state index contributed by atoms with van der Waals surface area (Å²) in [6, 6.07) is 24.2. The Labute approximate surface area is 198 Å². The first-order valence-corrected chi connectivity index (χ1v) is 10.8. The Bertz CT molecular complexity index is 1270. The molecule has 34 heavy (non-hydrogen) atoms. The number of anilines is 6. The van der Waals surface area contributed by atoms with Gasteiger partial charge in [-0.2, -0.15) is 0 Å². The van der Waals surface area contributed by atoms with E-state index >= 15 is 0 Å². The first-order valence-electron chi connectivity index (χ1n) is 10.8. The number of aryl methyl sites for hydroxylation is 2. The summed E-state index contributed by atoms with van der Waals surface area (Å²) in [5, 5.41) is 12.2. The molecule has 3 aromatic carbocycles. The zero-order chi connectivity index (χ0) is 23.9. The summed E-state index contributed by atoms with van der Waals surface area (Å²) < 4.78 is 5.26. The number of amides is 2. The molecule has 0 bridgehead atoms. The van der Waals surface area contributed by atoms with Crippen LogP contribution < -0.4 is 26.0 Å². The van der Waals surface area contributed by atoms with E-state index in [9.17, 15) is 4.79 Å². The van der Waals surface area contributed by atoms with Crippen molar-refractivity contribution in [3.8, 4) is 5.75 Å². The first kappa shape index (κ1) is 22.6. The third kappa shape index (κ3) is 6.01. The van der Waals surface area contributed by atoms with Crippen LogP contribution in [0.3, 0.4) is 0 Å². The number of hydrogen-bond acceptors (Lipinski definition) is 6. The first-order chi connectivity index (χ1) is 16.5. The van der Waals surface area contributed by atoms with E-state index in [2.05, 4.69) is 31.2 Å². The Balaban J connectivity index is 1.39. The highest BCUT2D eigenvalue weighted by Crippen LogP contribution is 2.24. The second-order valence-electron chi connectivity index (χ2n) is 7.66. The van der Waals surface area contributed by atoms with E-state index in [1.165, 1.54) is 5.56 Å². The summed E-state index contributed by atoms with van der Waals surface area (Å²) in [5.41, 5.74) is 4.22. The zero-order valence-corrected chi connectivity index (χ0v) is 19.2. The quantitative estimate of drug-likeness (QED) is 0.264. The molecule has 8 heteroatoms. The SMILES string of the molecule is COc1ccccc1NC(=O)Nc1ccc(Nc2cc(Nc3ccc(C)cc3)nc(C)n2)cc1. The number of ether oxygens (including phenoxy) is 1. The molecule has 1 aromatic heterocycles. The second-order valence-corrected chi connectivity index (χ2v) is 7.66. The lowest BCUT2D eigenvalue weighted by Gasteiger charge is -2.12. The van der Waals surface area contributed by atoms with Crippen LogP contribution in [0.2, 0.25) is 0 Å². The maximum atomic E-state index is 12.4. The van der Waals surface area contributed by atoms with Crippen molar-refractivity contribution in [1.82, 2.24) is 9.97 Å². The fraction of sp³-hybridized carbons (Fsp3) is 0.115. The number of nitrogens with one attached hydrogen (secondary N) is 4. The van der Waals surface area contributed by atoms with Crippen molar-refractivity contribution < 1.29 is 9.53 Å². The van der Waals surface area contributed by atoms with Gasteiger partial charge in [0.1, 0.15) is 23.2 Å². The number of para-hydroxylation sites is 2. The lowest BCUT2D eigenvalue weighted by Crippen LogP contribution is -2.19. The maximum Gasteiger partial charge on any atom is 0.323 e. The molecule has 0 saturated heterocycles. The molecule has 0 radical (unpaired) electrons. The van der Waals surface area contributed by atoms with E-state index in [4.69, 9.17) is 4.74 Å². The molecule has 0 aliphatic carbocycles. The molecule has 0 saturated carbocycles. The van der Waals surface area contributed by atoms with Crippen LogP contribution in [0.1, 0.15) is 11.4 Å². The Morgan fingerprint density at radius 1 is 0.735 bits per heavy atom. The van der Waals surface area contributed by atoms with Gasteiger partial charge in [-0.3, -0.25) is 0 Å². The second kappa shape index (κ2) is 10.4. The molecule has 0 unspecified atom stereocenters. The van der Waals surface area contributed by atoms with Crippen molar-refractivity contribution >= 4 is 40.4 Å².